The first-order valence-electron chi connectivity index (χ1n) is 10.2. The first kappa shape index (κ1) is 22.7. The van der Waals surface area contributed by atoms with Crippen LogP contribution < -0.4 is 0 Å². The third kappa shape index (κ3) is 19.6. The summed E-state index contributed by atoms with van der Waals surface area (Å²) in [6, 6.07) is 0. The van der Waals surface area contributed by atoms with Gasteiger partial charge in [-0.15, -0.1) is 0 Å². The molecule has 0 fully saturated rings. The van der Waals surface area contributed by atoms with E-state index in [1.54, 1.807) is 0 Å². The molecular formula is C21H42O2. The number of aliphatic hydroxyl groups is 2. The van der Waals surface area contributed by atoms with E-state index in [1.165, 1.54) is 89.9 Å². The van der Waals surface area contributed by atoms with Crippen molar-refractivity contribution in [2.75, 3.05) is 6.61 Å². The molecule has 0 aromatic carbocycles. The molecule has 2 nitrogen and oxygen atoms in total. The monoisotopic (exact) mass is 326 g/mol. The highest BCUT2D eigenvalue weighted by Gasteiger charge is 2.00. The average Bonchev–Trinajstić information content (AvgIpc) is 2.57. The van der Waals surface area contributed by atoms with Crippen molar-refractivity contribution in [2.24, 2.45) is 0 Å². The van der Waals surface area contributed by atoms with Gasteiger partial charge in [-0.2, -0.15) is 0 Å². The molecule has 138 valence electrons. The van der Waals surface area contributed by atoms with Crippen molar-refractivity contribution < 1.29 is 10.2 Å². The second-order valence-corrected chi connectivity index (χ2v) is 6.92. The van der Waals surface area contributed by atoms with Gasteiger partial charge in [-0.05, 0) is 32.1 Å². The van der Waals surface area contributed by atoms with Gasteiger partial charge in [0.25, 0.3) is 0 Å². The summed E-state index contributed by atoms with van der Waals surface area (Å²) in [5.41, 5.74) is 0. The first-order chi connectivity index (χ1) is 11.3. The Bertz CT molecular complexity index is 238. The molecule has 0 aliphatic carbocycles. The fraction of sp³-hybridized carbons (Fsp3) is 0.905. The summed E-state index contributed by atoms with van der Waals surface area (Å²) in [5, 5.41) is 17.9. The summed E-state index contributed by atoms with van der Waals surface area (Å²) in [7, 11) is 0. The lowest BCUT2D eigenvalue weighted by atomic mass is 10.1. The summed E-state index contributed by atoms with van der Waals surface area (Å²) in [6.45, 7) is 2.18. The molecule has 0 saturated heterocycles. The fourth-order valence-electron chi connectivity index (χ4n) is 2.90. The van der Waals surface area contributed by atoms with Gasteiger partial charge in [-0.25, -0.2) is 0 Å². The van der Waals surface area contributed by atoms with Crippen molar-refractivity contribution in [3.63, 3.8) is 0 Å². The molecule has 0 heterocycles. The second-order valence-electron chi connectivity index (χ2n) is 6.92. The van der Waals surface area contributed by atoms with E-state index in [0.717, 1.165) is 12.8 Å². The highest BCUT2D eigenvalue weighted by Crippen LogP contribution is 2.11. The van der Waals surface area contributed by atoms with Crippen LogP contribution in [0, 0.1) is 0 Å². The molecule has 0 spiro atoms. The smallest absolute Gasteiger partial charge is 0.0770 e. The van der Waals surface area contributed by atoms with E-state index in [9.17, 15) is 5.11 Å². The molecule has 0 aliphatic rings. The van der Waals surface area contributed by atoms with E-state index < -0.39 is 6.10 Å². The van der Waals surface area contributed by atoms with E-state index in [4.69, 9.17) is 5.11 Å². The number of rotatable bonds is 18. The van der Waals surface area contributed by atoms with Gasteiger partial charge in [0.1, 0.15) is 0 Å². The molecule has 1 atom stereocenters. The number of aliphatic hydroxyl groups excluding tert-OH is 2. The third-order valence-corrected chi connectivity index (χ3v) is 4.51. The summed E-state index contributed by atoms with van der Waals surface area (Å²) >= 11 is 0. The molecule has 0 rings (SSSR count). The van der Waals surface area contributed by atoms with Crippen LogP contribution in [-0.4, -0.2) is 22.9 Å². The molecule has 0 bridgehead atoms. The van der Waals surface area contributed by atoms with Crippen LogP contribution in [-0.2, 0) is 0 Å². The summed E-state index contributed by atoms with van der Waals surface area (Å²) in [4.78, 5) is 0. The summed E-state index contributed by atoms with van der Waals surface area (Å²) in [6.07, 6.45) is 24.7. The number of hydrogen-bond acceptors (Lipinski definition) is 2. The molecular weight excluding hydrogens is 284 g/mol. The lowest BCUT2D eigenvalue weighted by Gasteiger charge is -2.06. The molecule has 2 heteroatoms. The summed E-state index contributed by atoms with van der Waals surface area (Å²) < 4.78 is 0. The van der Waals surface area contributed by atoms with Crippen molar-refractivity contribution in [3.05, 3.63) is 12.2 Å². The third-order valence-electron chi connectivity index (χ3n) is 4.51. The maximum Gasteiger partial charge on any atom is 0.0770 e. The number of hydrogen-bond donors (Lipinski definition) is 2. The Morgan fingerprint density at radius 3 is 1.57 bits per heavy atom. The minimum absolute atomic E-state index is 0.0909. The van der Waals surface area contributed by atoms with Crippen LogP contribution in [0.2, 0.25) is 0 Å². The first-order valence-corrected chi connectivity index (χ1v) is 10.2. The Labute approximate surface area is 145 Å². The van der Waals surface area contributed by atoms with Crippen LogP contribution in [0.15, 0.2) is 12.2 Å². The molecule has 0 aromatic rings. The number of allylic oxidation sites excluding steroid dienone is 2. The highest BCUT2D eigenvalue weighted by molar-refractivity contribution is 4.81. The van der Waals surface area contributed by atoms with Gasteiger partial charge in [0.05, 0.1) is 12.7 Å². The van der Waals surface area contributed by atoms with Crippen LogP contribution in [0.4, 0.5) is 0 Å². The van der Waals surface area contributed by atoms with Crippen LogP contribution in [0.5, 0.6) is 0 Å². The van der Waals surface area contributed by atoms with Crippen LogP contribution in [0.1, 0.15) is 110 Å². The van der Waals surface area contributed by atoms with Crippen molar-refractivity contribution in [1.82, 2.24) is 0 Å². The zero-order valence-corrected chi connectivity index (χ0v) is 15.6. The second kappa shape index (κ2) is 19.7. The van der Waals surface area contributed by atoms with Crippen LogP contribution >= 0.6 is 0 Å². The molecule has 1 unspecified atom stereocenters. The Morgan fingerprint density at radius 2 is 1.09 bits per heavy atom. The van der Waals surface area contributed by atoms with Gasteiger partial charge in [-0.3, -0.25) is 0 Å². The Hall–Kier alpha value is -0.340. The predicted octanol–water partition coefficient (Wildman–Crippen LogP) is 6.16. The molecule has 0 aromatic heterocycles. The van der Waals surface area contributed by atoms with Crippen molar-refractivity contribution in [2.45, 2.75) is 116 Å². The SMILES string of the molecule is CCCCCCCC/C=C\CCCCCCCCCC(O)CO. The van der Waals surface area contributed by atoms with E-state index in [0.29, 0.717) is 0 Å². The van der Waals surface area contributed by atoms with Gasteiger partial charge in [0, 0.05) is 0 Å². The lowest BCUT2D eigenvalue weighted by molar-refractivity contribution is 0.0860. The van der Waals surface area contributed by atoms with E-state index in [2.05, 4.69) is 19.1 Å². The van der Waals surface area contributed by atoms with E-state index in [1.807, 2.05) is 0 Å². The molecule has 0 aliphatic heterocycles. The van der Waals surface area contributed by atoms with Crippen molar-refractivity contribution in [3.8, 4) is 0 Å². The normalized spacial score (nSPS) is 13.0. The fourth-order valence-corrected chi connectivity index (χ4v) is 2.90. The molecule has 0 saturated carbocycles. The zero-order chi connectivity index (χ0) is 17.0. The van der Waals surface area contributed by atoms with Gasteiger partial charge >= 0.3 is 0 Å². The quantitative estimate of drug-likeness (QED) is 0.234. The van der Waals surface area contributed by atoms with Gasteiger partial charge in [0.15, 0.2) is 0 Å². The molecule has 0 amide bonds. The lowest BCUT2D eigenvalue weighted by Crippen LogP contribution is -2.10. The molecule has 0 radical (unpaired) electrons. The Balaban J connectivity index is 3.08. The minimum Gasteiger partial charge on any atom is -0.394 e. The Kier molecular flexibility index (Phi) is 19.4. The van der Waals surface area contributed by atoms with Gasteiger partial charge in [0.2, 0.25) is 0 Å². The zero-order valence-electron chi connectivity index (χ0n) is 15.6. The maximum absolute atomic E-state index is 9.23. The topological polar surface area (TPSA) is 40.5 Å². The van der Waals surface area contributed by atoms with E-state index >= 15 is 0 Å². The Morgan fingerprint density at radius 1 is 0.652 bits per heavy atom. The van der Waals surface area contributed by atoms with Gasteiger partial charge < -0.3 is 10.2 Å². The predicted molar refractivity (Wildman–Crippen MR) is 102 cm³/mol. The van der Waals surface area contributed by atoms with Crippen LogP contribution in [0.25, 0.3) is 0 Å². The van der Waals surface area contributed by atoms with Crippen molar-refractivity contribution >= 4 is 0 Å². The largest absolute Gasteiger partial charge is 0.394 e. The number of unbranched alkanes of at least 4 members (excludes halogenated alkanes) is 13. The summed E-state index contributed by atoms with van der Waals surface area (Å²) in [5.74, 6) is 0. The van der Waals surface area contributed by atoms with Crippen LogP contribution in [0.3, 0.4) is 0 Å². The maximum atomic E-state index is 9.23. The highest BCUT2D eigenvalue weighted by atomic mass is 16.3. The van der Waals surface area contributed by atoms with Crippen molar-refractivity contribution in [1.29, 1.82) is 0 Å². The standard InChI is InChI=1S/C21H42O2/c1-2-3-4-5-6-7-8-9-10-11-12-13-14-15-16-17-18-19-21(23)20-22/h9-10,21-23H,2-8,11-20H2,1H3/b10-9-. The van der Waals surface area contributed by atoms with E-state index in [-0.39, 0.29) is 6.61 Å². The molecule has 2 N–H and O–H groups in total. The molecule has 23 heavy (non-hydrogen) atoms. The van der Waals surface area contributed by atoms with Gasteiger partial charge in [-0.1, -0.05) is 89.7 Å². The minimum atomic E-state index is -0.502. The average molecular weight is 327 g/mol.